The number of nitriles is 1. The highest BCUT2D eigenvalue weighted by atomic mass is 16.1. The van der Waals surface area contributed by atoms with E-state index >= 15 is 0 Å². The molecule has 0 atom stereocenters. The summed E-state index contributed by atoms with van der Waals surface area (Å²) in [7, 11) is 1.94. The van der Waals surface area contributed by atoms with Gasteiger partial charge in [0.05, 0.1) is 12.4 Å². The average molecular weight is 338 g/mol. The minimum atomic E-state index is -0.333. The van der Waals surface area contributed by atoms with E-state index in [0.717, 1.165) is 0 Å². The minimum absolute atomic E-state index is 0.134. The Morgan fingerprint density at radius 2 is 1.80 bits per heavy atom. The van der Waals surface area contributed by atoms with Gasteiger partial charge in [-0.15, -0.1) is 0 Å². The van der Waals surface area contributed by atoms with Crippen molar-refractivity contribution in [2.24, 2.45) is 0 Å². The molecule has 0 bridgehead atoms. The third-order valence-corrected chi connectivity index (χ3v) is 4.40. The summed E-state index contributed by atoms with van der Waals surface area (Å²) in [6, 6.07) is 10.5. The molecule has 25 heavy (non-hydrogen) atoms. The van der Waals surface area contributed by atoms with Crippen LogP contribution in [-0.4, -0.2) is 21.7 Å². The Labute approximate surface area is 149 Å². The lowest BCUT2D eigenvalue weighted by Crippen LogP contribution is -2.34. The Morgan fingerprint density at radius 3 is 2.32 bits per heavy atom. The predicted molar refractivity (Wildman–Crippen MR) is 99.3 cm³/mol. The van der Waals surface area contributed by atoms with Crippen molar-refractivity contribution in [1.82, 2.24) is 14.7 Å². The van der Waals surface area contributed by atoms with Crippen molar-refractivity contribution in [2.45, 2.75) is 53.2 Å². The monoisotopic (exact) mass is 338 g/mol. The van der Waals surface area contributed by atoms with E-state index in [4.69, 9.17) is 0 Å². The fourth-order valence-electron chi connectivity index (χ4n) is 2.70. The lowest BCUT2D eigenvalue weighted by atomic mass is 9.87. The fraction of sp³-hybridized carbons (Fsp3) is 0.450. The van der Waals surface area contributed by atoms with Crippen LogP contribution in [0.1, 0.15) is 48.7 Å². The highest BCUT2D eigenvalue weighted by Gasteiger charge is 2.14. The number of nitrogens with zero attached hydrogens (tertiary/aromatic N) is 4. The quantitative estimate of drug-likeness (QED) is 0.859. The number of aromatic nitrogens is 2. The van der Waals surface area contributed by atoms with Gasteiger partial charge in [-0.1, -0.05) is 45.0 Å². The standard InChI is InChI=1S/C20H26N4O/c1-14-15(2)22-24(19(25)18(14)11-21)13-23(6)12-16-7-9-17(10-8-16)20(3,4)5/h7-10H,12-13H2,1-6H3. The highest BCUT2D eigenvalue weighted by molar-refractivity contribution is 5.36. The molecule has 1 aromatic carbocycles. The van der Waals surface area contributed by atoms with E-state index < -0.39 is 0 Å². The molecule has 0 spiro atoms. The molecule has 0 saturated heterocycles. The molecule has 5 heteroatoms. The summed E-state index contributed by atoms with van der Waals surface area (Å²) in [5, 5.41) is 13.5. The van der Waals surface area contributed by atoms with Crippen LogP contribution in [0.3, 0.4) is 0 Å². The maximum absolute atomic E-state index is 12.4. The second-order valence-corrected chi connectivity index (χ2v) is 7.60. The zero-order valence-electron chi connectivity index (χ0n) is 15.9. The second-order valence-electron chi connectivity index (χ2n) is 7.60. The average Bonchev–Trinajstić information content (AvgIpc) is 2.53. The van der Waals surface area contributed by atoms with Crippen LogP contribution >= 0.6 is 0 Å². The van der Waals surface area contributed by atoms with Crippen LogP contribution < -0.4 is 5.56 Å². The SMILES string of the molecule is Cc1nn(CN(C)Cc2ccc(C(C)(C)C)cc2)c(=O)c(C#N)c1C. The summed E-state index contributed by atoms with van der Waals surface area (Å²) in [6.45, 7) is 11.2. The van der Waals surface area contributed by atoms with Gasteiger partial charge in [0.1, 0.15) is 11.6 Å². The Morgan fingerprint density at radius 1 is 1.20 bits per heavy atom. The first-order valence-electron chi connectivity index (χ1n) is 8.40. The van der Waals surface area contributed by atoms with Crippen LogP contribution in [0.15, 0.2) is 29.1 Å². The minimum Gasteiger partial charge on any atom is -0.283 e. The molecule has 0 saturated carbocycles. The van der Waals surface area contributed by atoms with Crippen LogP contribution in [0.5, 0.6) is 0 Å². The van der Waals surface area contributed by atoms with Crippen LogP contribution in [0.4, 0.5) is 0 Å². The number of hydrogen-bond acceptors (Lipinski definition) is 4. The van der Waals surface area contributed by atoms with Crippen LogP contribution in [0.2, 0.25) is 0 Å². The zero-order valence-corrected chi connectivity index (χ0v) is 15.9. The van der Waals surface area contributed by atoms with Gasteiger partial charge < -0.3 is 0 Å². The van der Waals surface area contributed by atoms with Crippen molar-refractivity contribution in [3.8, 4) is 6.07 Å². The van der Waals surface area contributed by atoms with E-state index in [0.29, 0.717) is 24.5 Å². The molecule has 1 aromatic heterocycles. The Balaban J connectivity index is 2.16. The van der Waals surface area contributed by atoms with E-state index in [2.05, 4.69) is 50.1 Å². The molecule has 0 N–H and O–H groups in total. The normalized spacial score (nSPS) is 11.6. The van der Waals surface area contributed by atoms with E-state index in [1.165, 1.54) is 15.8 Å². The topological polar surface area (TPSA) is 61.9 Å². The van der Waals surface area contributed by atoms with Gasteiger partial charge >= 0.3 is 0 Å². The first-order valence-corrected chi connectivity index (χ1v) is 8.40. The summed E-state index contributed by atoms with van der Waals surface area (Å²) in [6.07, 6.45) is 0. The van der Waals surface area contributed by atoms with Crippen molar-refractivity contribution in [3.05, 3.63) is 62.6 Å². The van der Waals surface area contributed by atoms with Crippen molar-refractivity contribution < 1.29 is 0 Å². The summed E-state index contributed by atoms with van der Waals surface area (Å²) in [4.78, 5) is 14.4. The first kappa shape index (κ1) is 18.9. The molecule has 0 aliphatic rings. The summed E-state index contributed by atoms with van der Waals surface area (Å²) >= 11 is 0. The molecule has 0 amide bonds. The number of benzene rings is 1. The molecular formula is C20H26N4O. The van der Waals surface area contributed by atoms with Crippen molar-refractivity contribution >= 4 is 0 Å². The first-order chi connectivity index (χ1) is 11.6. The van der Waals surface area contributed by atoms with Crippen molar-refractivity contribution in [3.63, 3.8) is 0 Å². The number of hydrogen-bond donors (Lipinski definition) is 0. The Bertz CT molecular complexity index is 851. The molecule has 1 heterocycles. The van der Waals surface area contributed by atoms with Gasteiger partial charge in [-0.2, -0.15) is 10.4 Å². The fourth-order valence-corrected chi connectivity index (χ4v) is 2.70. The molecule has 0 fully saturated rings. The molecule has 132 valence electrons. The Hall–Kier alpha value is -2.45. The molecule has 0 aliphatic carbocycles. The lowest BCUT2D eigenvalue weighted by Gasteiger charge is -2.21. The van der Waals surface area contributed by atoms with Gasteiger partial charge in [0.25, 0.3) is 5.56 Å². The van der Waals surface area contributed by atoms with Crippen molar-refractivity contribution in [1.29, 1.82) is 5.26 Å². The van der Waals surface area contributed by atoms with Crippen molar-refractivity contribution in [2.75, 3.05) is 7.05 Å². The number of rotatable bonds is 4. The third kappa shape index (κ3) is 4.34. The highest BCUT2D eigenvalue weighted by Crippen LogP contribution is 2.22. The van der Waals surface area contributed by atoms with Gasteiger partial charge in [-0.25, -0.2) is 4.68 Å². The smallest absolute Gasteiger partial charge is 0.283 e. The zero-order chi connectivity index (χ0) is 18.8. The third-order valence-electron chi connectivity index (χ3n) is 4.40. The summed E-state index contributed by atoms with van der Waals surface area (Å²) < 4.78 is 1.37. The second kappa shape index (κ2) is 7.20. The lowest BCUT2D eigenvalue weighted by molar-refractivity contribution is 0.239. The maximum Gasteiger partial charge on any atom is 0.286 e. The number of aryl methyl sites for hydroxylation is 1. The van der Waals surface area contributed by atoms with Crippen LogP contribution in [0, 0.1) is 25.2 Å². The Kier molecular flexibility index (Phi) is 5.44. The molecule has 0 unspecified atom stereocenters. The summed E-state index contributed by atoms with van der Waals surface area (Å²) in [5.41, 5.74) is 3.81. The molecular weight excluding hydrogens is 312 g/mol. The molecule has 2 aromatic rings. The molecule has 5 nitrogen and oxygen atoms in total. The van der Waals surface area contributed by atoms with Gasteiger partial charge in [0.2, 0.25) is 0 Å². The van der Waals surface area contributed by atoms with Gasteiger partial charge in [0.15, 0.2) is 0 Å². The van der Waals surface area contributed by atoms with Crippen LogP contribution in [-0.2, 0) is 18.6 Å². The largest absolute Gasteiger partial charge is 0.286 e. The molecule has 0 aliphatic heterocycles. The van der Waals surface area contributed by atoms with E-state index in [1.54, 1.807) is 6.92 Å². The maximum atomic E-state index is 12.4. The van der Waals surface area contributed by atoms with Gasteiger partial charge in [-0.3, -0.25) is 9.69 Å². The predicted octanol–water partition coefficient (Wildman–Crippen LogP) is 3.12. The van der Waals surface area contributed by atoms with E-state index in [-0.39, 0.29) is 16.5 Å². The van der Waals surface area contributed by atoms with Gasteiger partial charge in [-0.05, 0) is 43.0 Å². The molecule has 2 rings (SSSR count). The van der Waals surface area contributed by atoms with Crippen LogP contribution in [0.25, 0.3) is 0 Å². The van der Waals surface area contributed by atoms with E-state index in [1.807, 2.05) is 24.9 Å². The molecule has 0 radical (unpaired) electrons. The van der Waals surface area contributed by atoms with E-state index in [9.17, 15) is 10.1 Å². The van der Waals surface area contributed by atoms with Gasteiger partial charge in [0, 0.05) is 6.54 Å². The summed E-state index contributed by atoms with van der Waals surface area (Å²) in [5.74, 6) is 0.